The highest BCUT2D eigenvalue weighted by Gasteiger charge is 2.34. The van der Waals surface area contributed by atoms with Crippen LogP contribution >= 0.6 is 0 Å². The second-order valence-electron chi connectivity index (χ2n) is 4.32. The molecule has 0 unspecified atom stereocenters. The van der Waals surface area contributed by atoms with Gasteiger partial charge in [-0.05, 0) is 12.1 Å². The number of rotatable bonds is 2. The Kier molecular flexibility index (Phi) is 3.22. The molecule has 2 rings (SSSR count). The monoisotopic (exact) mass is 256 g/mol. The summed E-state index contributed by atoms with van der Waals surface area (Å²) in [5.74, 6) is 0. The molecular formula is C11H16N2O3S. The molecule has 6 heteroatoms. The van der Waals surface area contributed by atoms with Gasteiger partial charge in [0.05, 0.1) is 4.90 Å². The normalized spacial score (nSPS) is 21.3. The number of benzene rings is 1. The summed E-state index contributed by atoms with van der Waals surface area (Å²) < 4.78 is 25.8. The van der Waals surface area contributed by atoms with Crippen molar-refractivity contribution in [2.24, 2.45) is 5.73 Å². The molecule has 1 fully saturated rings. The molecule has 1 heterocycles. The van der Waals surface area contributed by atoms with Crippen LogP contribution in [-0.4, -0.2) is 36.6 Å². The van der Waals surface area contributed by atoms with E-state index in [2.05, 4.69) is 0 Å². The van der Waals surface area contributed by atoms with E-state index in [9.17, 15) is 13.5 Å². The Hall–Kier alpha value is -0.950. The molecule has 1 saturated heterocycles. The van der Waals surface area contributed by atoms with Crippen LogP contribution in [0.5, 0.6) is 0 Å². The maximum absolute atomic E-state index is 12.2. The third kappa shape index (κ3) is 2.66. The highest BCUT2D eigenvalue weighted by molar-refractivity contribution is 7.89. The van der Waals surface area contributed by atoms with Gasteiger partial charge in [0, 0.05) is 25.9 Å². The van der Waals surface area contributed by atoms with Gasteiger partial charge in [-0.3, -0.25) is 0 Å². The smallest absolute Gasteiger partial charge is 0.243 e. The van der Waals surface area contributed by atoms with E-state index < -0.39 is 15.7 Å². The number of aliphatic hydroxyl groups is 1. The van der Waals surface area contributed by atoms with Crippen molar-refractivity contribution in [1.29, 1.82) is 0 Å². The summed E-state index contributed by atoms with van der Waals surface area (Å²) >= 11 is 0. The largest absolute Gasteiger partial charge is 0.376 e. The lowest BCUT2D eigenvalue weighted by atomic mass is 10.0. The number of piperidine rings is 1. The standard InChI is InChI=1S/C11H16N2O3S/c12-11(14)6-8-13(9-7-11)17(15,16)10-4-2-1-3-5-10/h1-5,14H,6-9,12H2. The summed E-state index contributed by atoms with van der Waals surface area (Å²) in [7, 11) is -3.45. The zero-order valence-corrected chi connectivity index (χ0v) is 10.2. The SMILES string of the molecule is NC1(O)CCN(S(=O)(=O)c2ccccc2)CC1. The van der Waals surface area contributed by atoms with Gasteiger partial charge in [-0.2, -0.15) is 4.31 Å². The van der Waals surface area contributed by atoms with Gasteiger partial charge in [0.1, 0.15) is 5.72 Å². The lowest BCUT2D eigenvalue weighted by Crippen LogP contribution is -2.51. The molecule has 0 atom stereocenters. The molecule has 0 bridgehead atoms. The molecule has 1 aliphatic heterocycles. The van der Waals surface area contributed by atoms with Gasteiger partial charge in [0.2, 0.25) is 10.0 Å². The van der Waals surface area contributed by atoms with Crippen molar-refractivity contribution in [3.63, 3.8) is 0 Å². The van der Waals surface area contributed by atoms with E-state index in [1.807, 2.05) is 0 Å². The van der Waals surface area contributed by atoms with Crippen LogP contribution in [0.1, 0.15) is 12.8 Å². The minimum absolute atomic E-state index is 0.254. The highest BCUT2D eigenvalue weighted by atomic mass is 32.2. The van der Waals surface area contributed by atoms with Crippen LogP contribution < -0.4 is 5.73 Å². The first-order valence-electron chi connectivity index (χ1n) is 5.48. The second kappa shape index (κ2) is 4.38. The van der Waals surface area contributed by atoms with Crippen molar-refractivity contribution in [2.45, 2.75) is 23.5 Å². The van der Waals surface area contributed by atoms with E-state index >= 15 is 0 Å². The van der Waals surface area contributed by atoms with Gasteiger partial charge in [-0.15, -0.1) is 0 Å². The van der Waals surface area contributed by atoms with Crippen LogP contribution in [0.15, 0.2) is 35.2 Å². The van der Waals surface area contributed by atoms with Crippen molar-refractivity contribution < 1.29 is 13.5 Å². The Morgan fingerprint density at radius 2 is 1.71 bits per heavy atom. The Morgan fingerprint density at radius 3 is 2.24 bits per heavy atom. The minimum Gasteiger partial charge on any atom is -0.376 e. The van der Waals surface area contributed by atoms with E-state index in [1.165, 1.54) is 4.31 Å². The fourth-order valence-electron chi connectivity index (χ4n) is 1.86. The highest BCUT2D eigenvalue weighted by Crippen LogP contribution is 2.23. The lowest BCUT2D eigenvalue weighted by molar-refractivity contribution is 0.00105. The molecule has 0 radical (unpaired) electrons. The van der Waals surface area contributed by atoms with E-state index in [4.69, 9.17) is 5.73 Å². The summed E-state index contributed by atoms with van der Waals surface area (Å²) in [6.45, 7) is 0.508. The van der Waals surface area contributed by atoms with Crippen LogP contribution in [0.3, 0.4) is 0 Å². The Labute approximate surface area is 101 Å². The van der Waals surface area contributed by atoms with Crippen LogP contribution in [0.4, 0.5) is 0 Å². The predicted octanol–water partition coefficient (Wildman–Crippen LogP) is 0.118. The number of sulfonamides is 1. The first kappa shape index (κ1) is 12.5. The third-order valence-electron chi connectivity index (χ3n) is 2.97. The summed E-state index contributed by atoms with van der Waals surface area (Å²) in [6, 6.07) is 8.29. The van der Waals surface area contributed by atoms with Crippen LogP contribution in [0.2, 0.25) is 0 Å². The first-order valence-corrected chi connectivity index (χ1v) is 6.92. The first-order chi connectivity index (χ1) is 7.92. The molecule has 1 aromatic rings. The van der Waals surface area contributed by atoms with E-state index in [-0.39, 0.29) is 30.8 Å². The Bertz CT molecular complexity index is 475. The maximum atomic E-state index is 12.2. The van der Waals surface area contributed by atoms with Gasteiger partial charge in [0.15, 0.2) is 0 Å². The van der Waals surface area contributed by atoms with Crippen LogP contribution in [0.25, 0.3) is 0 Å². The second-order valence-corrected chi connectivity index (χ2v) is 6.26. The lowest BCUT2D eigenvalue weighted by Gasteiger charge is -2.34. The van der Waals surface area contributed by atoms with Gasteiger partial charge < -0.3 is 10.8 Å². The zero-order chi connectivity index (χ0) is 12.5. The molecule has 0 spiro atoms. The van der Waals surface area contributed by atoms with Crippen LogP contribution in [0, 0.1) is 0 Å². The molecule has 17 heavy (non-hydrogen) atoms. The topological polar surface area (TPSA) is 83.6 Å². The molecule has 0 amide bonds. The molecule has 0 saturated carbocycles. The fourth-order valence-corrected chi connectivity index (χ4v) is 3.32. The maximum Gasteiger partial charge on any atom is 0.243 e. The van der Waals surface area contributed by atoms with Gasteiger partial charge in [-0.25, -0.2) is 8.42 Å². The number of nitrogens with two attached hydrogens (primary N) is 1. The van der Waals surface area contributed by atoms with Gasteiger partial charge in [0.25, 0.3) is 0 Å². The van der Waals surface area contributed by atoms with E-state index in [0.717, 1.165) is 0 Å². The average Bonchev–Trinajstić information content (AvgIpc) is 2.29. The quantitative estimate of drug-likeness (QED) is 0.736. The minimum atomic E-state index is -3.45. The number of hydrogen-bond donors (Lipinski definition) is 2. The van der Waals surface area contributed by atoms with Crippen molar-refractivity contribution >= 4 is 10.0 Å². The summed E-state index contributed by atoms with van der Waals surface area (Å²) in [5, 5.41) is 9.58. The number of nitrogens with zero attached hydrogens (tertiary/aromatic N) is 1. The van der Waals surface area contributed by atoms with E-state index in [0.29, 0.717) is 0 Å². The third-order valence-corrected chi connectivity index (χ3v) is 4.88. The molecule has 0 aliphatic carbocycles. The summed E-state index contributed by atoms with van der Waals surface area (Å²) in [5.41, 5.74) is 4.32. The van der Waals surface area contributed by atoms with E-state index in [1.54, 1.807) is 30.3 Å². The molecule has 5 nitrogen and oxygen atoms in total. The summed E-state index contributed by atoms with van der Waals surface area (Å²) in [4.78, 5) is 0.280. The van der Waals surface area contributed by atoms with Crippen molar-refractivity contribution in [1.82, 2.24) is 4.31 Å². The average molecular weight is 256 g/mol. The van der Waals surface area contributed by atoms with Gasteiger partial charge >= 0.3 is 0 Å². The van der Waals surface area contributed by atoms with Crippen molar-refractivity contribution in [2.75, 3.05) is 13.1 Å². The zero-order valence-electron chi connectivity index (χ0n) is 9.41. The summed E-state index contributed by atoms with van der Waals surface area (Å²) in [6.07, 6.45) is 0.526. The molecule has 1 aromatic carbocycles. The molecular weight excluding hydrogens is 240 g/mol. The van der Waals surface area contributed by atoms with Gasteiger partial charge in [-0.1, -0.05) is 18.2 Å². The fraction of sp³-hybridized carbons (Fsp3) is 0.455. The molecule has 3 N–H and O–H groups in total. The molecule has 1 aliphatic rings. The van der Waals surface area contributed by atoms with Crippen molar-refractivity contribution in [3.05, 3.63) is 30.3 Å². The van der Waals surface area contributed by atoms with Crippen molar-refractivity contribution in [3.8, 4) is 0 Å². The molecule has 0 aromatic heterocycles. The predicted molar refractivity (Wildman–Crippen MR) is 63.6 cm³/mol. The Balaban J connectivity index is 2.19. The number of hydrogen-bond acceptors (Lipinski definition) is 4. The molecule has 94 valence electrons. The van der Waals surface area contributed by atoms with Crippen LogP contribution in [-0.2, 0) is 10.0 Å². The Morgan fingerprint density at radius 1 is 1.18 bits per heavy atom.